The molecule has 0 spiro atoms. The van der Waals surface area contributed by atoms with Crippen LogP contribution in [0.3, 0.4) is 0 Å². The zero-order valence-electron chi connectivity index (χ0n) is 16.0. The van der Waals surface area contributed by atoms with Gasteiger partial charge in [0.2, 0.25) is 5.89 Å². The molecule has 4 rings (SSSR count). The number of piperazine rings is 1. The number of aromatic nitrogens is 1. The summed E-state index contributed by atoms with van der Waals surface area (Å²) >= 11 is 0. The maximum atomic E-state index is 12.8. The van der Waals surface area contributed by atoms with E-state index in [1.807, 2.05) is 54.3 Å². The van der Waals surface area contributed by atoms with Gasteiger partial charge in [0.1, 0.15) is 0 Å². The van der Waals surface area contributed by atoms with Gasteiger partial charge in [0.15, 0.2) is 5.76 Å². The van der Waals surface area contributed by atoms with Gasteiger partial charge in [-0.25, -0.2) is 4.98 Å². The lowest BCUT2D eigenvalue weighted by Crippen LogP contribution is -2.48. The lowest BCUT2D eigenvalue weighted by molar-refractivity contribution is 0.0617. The smallest absolute Gasteiger partial charge is 0.254 e. The van der Waals surface area contributed by atoms with E-state index in [1.54, 1.807) is 12.3 Å². The van der Waals surface area contributed by atoms with Gasteiger partial charge in [-0.05, 0) is 24.6 Å². The number of amides is 1. The minimum absolute atomic E-state index is 0.0481. The number of hydrogen-bond acceptors (Lipinski definition) is 5. The average molecular weight is 376 g/mol. The van der Waals surface area contributed by atoms with Gasteiger partial charge in [0.25, 0.3) is 5.91 Å². The van der Waals surface area contributed by atoms with Crippen molar-refractivity contribution in [2.75, 3.05) is 31.9 Å². The van der Waals surface area contributed by atoms with Gasteiger partial charge in [-0.1, -0.05) is 36.4 Å². The first kappa shape index (κ1) is 18.3. The Balaban J connectivity index is 1.35. The third-order valence-corrected chi connectivity index (χ3v) is 5.12. The van der Waals surface area contributed by atoms with E-state index in [2.05, 4.69) is 9.88 Å². The molecule has 1 fully saturated rings. The highest BCUT2D eigenvalue weighted by Crippen LogP contribution is 2.21. The van der Waals surface area contributed by atoms with Gasteiger partial charge < -0.3 is 15.1 Å². The predicted octanol–water partition coefficient (Wildman–Crippen LogP) is 3.19. The van der Waals surface area contributed by atoms with Crippen molar-refractivity contribution in [1.29, 1.82) is 0 Å². The lowest BCUT2D eigenvalue weighted by atomic mass is 10.1. The first-order valence-corrected chi connectivity index (χ1v) is 9.48. The second kappa shape index (κ2) is 7.86. The number of carbonyl (C=O) groups is 1. The Morgan fingerprint density at radius 3 is 2.61 bits per heavy atom. The van der Waals surface area contributed by atoms with Crippen molar-refractivity contribution in [1.82, 2.24) is 14.8 Å². The fourth-order valence-corrected chi connectivity index (χ4v) is 3.46. The van der Waals surface area contributed by atoms with E-state index in [0.29, 0.717) is 36.8 Å². The zero-order valence-corrected chi connectivity index (χ0v) is 16.0. The molecule has 1 aromatic heterocycles. The number of aryl methyl sites for hydroxylation is 1. The number of rotatable bonds is 4. The second-order valence-corrected chi connectivity index (χ2v) is 7.13. The number of anilines is 1. The number of benzene rings is 2. The maximum Gasteiger partial charge on any atom is 0.254 e. The second-order valence-electron chi connectivity index (χ2n) is 7.13. The number of oxazole rings is 1. The monoisotopic (exact) mass is 376 g/mol. The molecule has 0 atom stereocenters. The van der Waals surface area contributed by atoms with Gasteiger partial charge in [-0.2, -0.15) is 0 Å². The minimum Gasteiger partial charge on any atom is -0.439 e. The molecule has 2 N–H and O–H groups in total. The van der Waals surface area contributed by atoms with Crippen LogP contribution in [-0.4, -0.2) is 46.9 Å². The van der Waals surface area contributed by atoms with E-state index in [9.17, 15) is 4.79 Å². The third kappa shape index (κ3) is 3.92. The number of nitrogens with two attached hydrogens (primary N) is 1. The number of hydrogen-bond donors (Lipinski definition) is 1. The topological polar surface area (TPSA) is 75.6 Å². The normalized spacial score (nSPS) is 15.0. The quantitative estimate of drug-likeness (QED) is 0.708. The van der Waals surface area contributed by atoms with Crippen LogP contribution in [0.5, 0.6) is 0 Å². The van der Waals surface area contributed by atoms with E-state index >= 15 is 0 Å². The van der Waals surface area contributed by atoms with Crippen LogP contribution in [0.15, 0.2) is 59.1 Å². The van der Waals surface area contributed by atoms with Crippen LogP contribution in [0.1, 0.15) is 21.8 Å². The molecule has 28 heavy (non-hydrogen) atoms. The molecule has 2 heterocycles. The molecule has 0 radical (unpaired) electrons. The number of carbonyl (C=O) groups excluding carboxylic acids is 1. The van der Waals surface area contributed by atoms with Gasteiger partial charge in [-0.3, -0.25) is 9.69 Å². The third-order valence-electron chi connectivity index (χ3n) is 5.12. The Kier molecular flexibility index (Phi) is 5.12. The van der Waals surface area contributed by atoms with Crippen LogP contribution in [0, 0.1) is 6.92 Å². The molecule has 1 aliphatic heterocycles. The van der Waals surface area contributed by atoms with Gasteiger partial charge in [0.05, 0.1) is 12.7 Å². The van der Waals surface area contributed by atoms with E-state index in [4.69, 9.17) is 10.2 Å². The maximum absolute atomic E-state index is 12.8. The highest BCUT2D eigenvalue weighted by Gasteiger charge is 2.24. The molecule has 6 heteroatoms. The Morgan fingerprint density at radius 2 is 1.86 bits per heavy atom. The summed E-state index contributed by atoms with van der Waals surface area (Å²) in [7, 11) is 0. The first-order valence-electron chi connectivity index (χ1n) is 9.48. The summed E-state index contributed by atoms with van der Waals surface area (Å²) < 4.78 is 5.90. The van der Waals surface area contributed by atoms with Crippen LogP contribution < -0.4 is 5.73 Å². The summed E-state index contributed by atoms with van der Waals surface area (Å²) in [6.07, 6.45) is 1.77. The van der Waals surface area contributed by atoms with Gasteiger partial charge in [-0.15, -0.1) is 0 Å². The molecule has 2 aromatic carbocycles. The SMILES string of the molecule is Cc1ccc(N)cc1C(=O)N1CCN(Cc2ncc(-c3ccccc3)o2)CC1. The summed E-state index contributed by atoms with van der Waals surface area (Å²) in [5, 5.41) is 0. The molecule has 0 aliphatic carbocycles. The molecule has 144 valence electrons. The van der Waals surface area contributed by atoms with Crippen molar-refractivity contribution in [3.05, 3.63) is 71.7 Å². The molecule has 0 unspecified atom stereocenters. The lowest BCUT2D eigenvalue weighted by Gasteiger charge is -2.34. The van der Waals surface area contributed by atoms with Crippen molar-refractivity contribution < 1.29 is 9.21 Å². The van der Waals surface area contributed by atoms with E-state index in [-0.39, 0.29) is 5.91 Å². The van der Waals surface area contributed by atoms with Crippen LogP contribution in [-0.2, 0) is 6.54 Å². The number of nitrogens with zero attached hydrogens (tertiary/aromatic N) is 3. The molecular weight excluding hydrogens is 352 g/mol. The molecular formula is C22H24N4O2. The molecule has 1 amide bonds. The van der Waals surface area contributed by atoms with Crippen LogP contribution in [0.2, 0.25) is 0 Å². The minimum atomic E-state index is 0.0481. The van der Waals surface area contributed by atoms with Gasteiger partial charge >= 0.3 is 0 Å². The largest absolute Gasteiger partial charge is 0.439 e. The summed E-state index contributed by atoms with van der Waals surface area (Å²) in [6, 6.07) is 15.4. The van der Waals surface area contributed by atoms with Crippen molar-refractivity contribution in [3.63, 3.8) is 0 Å². The molecule has 3 aromatic rings. The first-order chi connectivity index (χ1) is 13.6. The summed E-state index contributed by atoms with van der Waals surface area (Å²) in [5.41, 5.74) is 9.13. The summed E-state index contributed by atoms with van der Waals surface area (Å²) in [5.74, 6) is 1.53. The van der Waals surface area contributed by atoms with Crippen molar-refractivity contribution in [2.45, 2.75) is 13.5 Å². The molecule has 6 nitrogen and oxygen atoms in total. The Morgan fingerprint density at radius 1 is 1.11 bits per heavy atom. The fourth-order valence-electron chi connectivity index (χ4n) is 3.46. The Hall–Kier alpha value is -3.12. The molecule has 0 bridgehead atoms. The fraction of sp³-hybridized carbons (Fsp3) is 0.273. The standard InChI is InChI=1S/C22H24N4O2/c1-16-7-8-18(23)13-19(16)22(27)26-11-9-25(10-12-26)15-21-24-14-20(28-21)17-5-3-2-4-6-17/h2-8,13-14H,9-12,15,23H2,1H3. The zero-order chi connectivity index (χ0) is 19.5. The van der Waals surface area contributed by atoms with E-state index in [0.717, 1.165) is 30.0 Å². The van der Waals surface area contributed by atoms with Gasteiger partial charge in [0, 0.05) is 43.0 Å². The average Bonchev–Trinajstić information content (AvgIpc) is 3.19. The van der Waals surface area contributed by atoms with E-state index in [1.165, 1.54) is 0 Å². The van der Waals surface area contributed by atoms with Crippen molar-refractivity contribution in [3.8, 4) is 11.3 Å². The summed E-state index contributed by atoms with van der Waals surface area (Å²) in [4.78, 5) is 21.4. The van der Waals surface area contributed by atoms with Crippen LogP contribution in [0.4, 0.5) is 5.69 Å². The van der Waals surface area contributed by atoms with Crippen molar-refractivity contribution in [2.24, 2.45) is 0 Å². The highest BCUT2D eigenvalue weighted by molar-refractivity contribution is 5.96. The number of nitrogen functional groups attached to an aromatic ring is 1. The predicted molar refractivity (Wildman–Crippen MR) is 109 cm³/mol. The molecule has 1 aliphatic rings. The van der Waals surface area contributed by atoms with E-state index < -0.39 is 0 Å². The highest BCUT2D eigenvalue weighted by atomic mass is 16.4. The van der Waals surface area contributed by atoms with Crippen molar-refractivity contribution >= 4 is 11.6 Å². The molecule has 1 saturated heterocycles. The Bertz CT molecular complexity index is 960. The Labute approximate surface area is 164 Å². The van der Waals surface area contributed by atoms with Crippen LogP contribution >= 0.6 is 0 Å². The van der Waals surface area contributed by atoms with Crippen LogP contribution in [0.25, 0.3) is 11.3 Å². The molecule has 0 saturated carbocycles. The summed E-state index contributed by atoms with van der Waals surface area (Å²) in [6.45, 7) is 5.52.